The number of anilines is 1. The number of aromatic nitrogens is 2. The van der Waals surface area contributed by atoms with E-state index < -0.39 is 5.91 Å². The van der Waals surface area contributed by atoms with Gasteiger partial charge in [-0.05, 0) is 24.3 Å². The molecule has 2 N–H and O–H groups in total. The van der Waals surface area contributed by atoms with Crippen LogP contribution < -0.4 is 11.1 Å². The quantitative estimate of drug-likeness (QED) is 0.801. The molecule has 0 aliphatic rings. The molecular formula is C18H12N5O. The number of nitriles is 1. The number of nitrogens with one attached hydrogen (secondary N) is 2. The van der Waals surface area contributed by atoms with Crippen molar-refractivity contribution >= 4 is 17.4 Å². The van der Waals surface area contributed by atoms with E-state index in [1.807, 2.05) is 12.1 Å². The summed E-state index contributed by atoms with van der Waals surface area (Å²) in [6.07, 6.45) is 1.43. The summed E-state index contributed by atoms with van der Waals surface area (Å²) in [7, 11) is 0. The normalized spacial score (nSPS) is 9.96. The van der Waals surface area contributed by atoms with Crippen LogP contribution in [0.15, 0.2) is 60.8 Å². The fourth-order valence-electron chi connectivity index (χ4n) is 2.11. The van der Waals surface area contributed by atoms with Crippen LogP contribution in [0.25, 0.3) is 11.3 Å². The molecule has 1 aromatic heterocycles. The van der Waals surface area contributed by atoms with Gasteiger partial charge in [0.1, 0.15) is 0 Å². The maximum absolute atomic E-state index is 12.3. The van der Waals surface area contributed by atoms with Gasteiger partial charge in [0.05, 0.1) is 23.5 Å². The first-order valence-corrected chi connectivity index (χ1v) is 7.13. The molecule has 24 heavy (non-hydrogen) atoms. The SMILES string of the molecule is N#Cc1ccc(-c2cnc([NH])c(C(=O)Nc3ccccc3)n2)cc1. The second-order valence-corrected chi connectivity index (χ2v) is 4.96. The van der Waals surface area contributed by atoms with E-state index in [2.05, 4.69) is 15.3 Å². The zero-order chi connectivity index (χ0) is 16.9. The monoisotopic (exact) mass is 314 g/mol. The third-order valence-corrected chi connectivity index (χ3v) is 3.33. The van der Waals surface area contributed by atoms with E-state index in [4.69, 9.17) is 11.0 Å². The first kappa shape index (κ1) is 15.2. The molecule has 0 bridgehead atoms. The zero-order valence-electron chi connectivity index (χ0n) is 12.5. The summed E-state index contributed by atoms with van der Waals surface area (Å²) in [6.45, 7) is 0. The minimum absolute atomic E-state index is 0.0549. The van der Waals surface area contributed by atoms with Gasteiger partial charge in [-0.15, -0.1) is 0 Å². The largest absolute Gasteiger partial charge is 0.321 e. The van der Waals surface area contributed by atoms with E-state index in [9.17, 15) is 4.79 Å². The highest BCUT2D eigenvalue weighted by molar-refractivity contribution is 6.05. The van der Waals surface area contributed by atoms with E-state index in [-0.39, 0.29) is 11.5 Å². The standard InChI is InChI=1S/C18H12N5O/c19-10-12-6-8-13(9-7-12)15-11-21-17(20)16(23-15)18(24)22-14-4-2-1-3-5-14/h1-9,11,20H,(H,22,24). The van der Waals surface area contributed by atoms with E-state index >= 15 is 0 Å². The second-order valence-electron chi connectivity index (χ2n) is 4.96. The van der Waals surface area contributed by atoms with Gasteiger partial charge in [0.15, 0.2) is 11.5 Å². The van der Waals surface area contributed by atoms with Gasteiger partial charge < -0.3 is 5.32 Å². The fraction of sp³-hybridized carbons (Fsp3) is 0. The summed E-state index contributed by atoms with van der Waals surface area (Å²) in [6, 6.07) is 17.8. The Bertz CT molecular complexity index is 914. The zero-order valence-corrected chi connectivity index (χ0v) is 12.5. The van der Waals surface area contributed by atoms with Crippen molar-refractivity contribution < 1.29 is 4.79 Å². The van der Waals surface area contributed by atoms with Gasteiger partial charge in [-0.25, -0.2) is 9.97 Å². The molecule has 3 aromatic rings. The lowest BCUT2D eigenvalue weighted by atomic mass is 10.1. The third kappa shape index (κ3) is 3.20. The Hall–Kier alpha value is -3.72. The number of carbonyl (C=O) groups excluding carboxylic acids is 1. The highest BCUT2D eigenvalue weighted by atomic mass is 16.1. The molecule has 0 spiro atoms. The number of nitrogens with zero attached hydrogens (tertiary/aromatic N) is 3. The van der Waals surface area contributed by atoms with Crippen molar-refractivity contribution in [2.24, 2.45) is 0 Å². The van der Waals surface area contributed by atoms with Crippen molar-refractivity contribution in [1.29, 1.82) is 5.26 Å². The Morgan fingerprint density at radius 2 is 1.79 bits per heavy atom. The minimum atomic E-state index is -0.491. The van der Waals surface area contributed by atoms with Crippen LogP contribution in [0.4, 0.5) is 11.5 Å². The van der Waals surface area contributed by atoms with Gasteiger partial charge in [-0.2, -0.15) is 5.26 Å². The van der Waals surface area contributed by atoms with Crippen LogP contribution in [-0.2, 0) is 0 Å². The van der Waals surface area contributed by atoms with Crippen LogP contribution in [0.5, 0.6) is 0 Å². The Balaban J connectivity index is 1.91. The fourth-order valence-corrected chi connectivity index (χ4v) is 2.11. The van der Waals surface area contributed by atoms with Crippen LogP contribution in [0.2, 0.25) is 0 Å². The molecule has 1 amide bonds. The molecule has 0 fully saturated rings. The minimum Gasteiger partial charge on any atom is -0.321 e. The number of carbonyl (C=O) groups is 1. The molecule has 6 heteroatoms. The second kappa shape index (κ2) is 6.58. The molecule has 2 aromatic carbocycles. The Kier molecular flexibility index (Phi) is 4.17. The molecule has 0 atom stereocenters. The molecule has 115 valence electrons. The van der Waals surface area contributed by atoms with Gasteiger partial charge in [0.25, 0.3) is 5.91 Å². The van der Waals surface area contributed by atoms with Gasteiger partial charge in [0, 0.05) is 11.3 Å². The van der Waals surface area contributed by atoms with E-state index in [1.54, 1.807) is 48.5 Å². The smallest absolute Gasteiger partial charge is 0.278 e. The number of amides is 1. The van der Waals surface area contributed by atoms with Gasteiger partial charge in [-0.3, -0.25) is 10.5 Å². The molecule has 0 aliphatic carbocycles. The Morgan fingerprint density at radius 1 is 1.08 bits per heavy atom. The Labute approximate surface area is 138 Å². The lowest BCUT2D eigenvalue weighted by molar-refractivity contribution is 0.102. The van der Waals surface area contributed by atoms with Crippen LogP contribution >= 0.6 is 0 Å². The number of hydrogen-bond donors (Lipinski definition) is 1. The molecule has 0 aliphatic heterocycles. The predicted molar refractivity (Wildman–Crippen MR) is 89.3 cm³/mol. The van der Waals surface area contributed by atoms with Crippen LogP contribution in [0.3, 0.4) is 0 Å². The lowest BCUT2D eigenvalue weighted by Gasteiger charge is -2.08. The highest BCUT2D eigenvalue weighted by Crippen LogP contribution is 2.20. The third-order valence-electron chi connectivity index (χ3n) is 3.33. The molecule has 1 heterocycles. The summed E-state index contributed by atoms with van der Waals surface area (Å²) in [5.74, 6) is -0.685. The molecule has 0 unspecified atom stereocenters. The summed E-state index contributed by atoms with van der Waals surface area (Å²) in [5.41, 5.74) is 10.1. The van der Waals surface area contributed by atoms with Crippen molar-refractivity contribution in [3.8, 4) is 17.3 Å². The molecule has 6 nitrogen and oxygen atoms in total. The lowest BCUT2D eigenvalue weighted by Crippen LogP contribution is -2.15. The van der Waals surface area contributed by atoms with Gasteiger partial charge >= 0.3 is 0 Å². The van der Waals surface area contributed by atoms with E-state index in [0.717, 1.165) is 5.56 Å². The maximum Gasteiger partial charge on any atom is 0.278 e. The summed E-state index contributed by atoms with van der Waals surface area (Å²) >= 11 is 0. The molecule has 0 saturated heterocycles. The van der Waals surface area contributed by atoms with Crippen LogP contribution in [-0.4, -0.2) is 15.9 Å². The van der Waals surface area contributed by atoms with E-state index in [1.165, 1.54) is 6.20 Å². The van der Waals surface area contributed by atoms with Crippen LogP contribution in [0.1, 0.15) is 16.1 Å². The van der Waals surface area contributed by atoms with Crippen molar-refractivity contribution in [3.05, 3.63) is 72.1 Å². The van der Waals surface area contributed by atoms with Gasteiger partial charge in [0.2, 0.25) is 0 Å². The predicted octanol–water partition coefficient (Wildman–Crippen LogP) is 3.18. The van der Waals surface area contributed by atoms with Gasteiger partial charge in [-0.1, -0.05) is 30.3 Å². The highest BCUT2D eigenvalue weighted by Gasteiger charge is 2.15. The number of rotatable bonds is 3. The molecule has 1 radical (unpaired) electrons. The first-order valence-electron chi connectivity index (χ1n) is 7.13. The number of para-hydroxylation sites is 1. The Morgan fingerprint density at radius 3 is 2.46 bits per heavy atom. The van der Waals surface area contributed by atoms with Crippen molar-refractivity contribution in [3.63, 3.8) is 0 Å². The molecular weight excluding hydrogens is 302 g/mol. The average Bonchev–Trinajstić information content (AvgIpc) is 2.63. The molecule has 3 rings (SSSR count). The molecule has 0 saturated carbocycles. The van der Waals surface area contributed by atoms with Crippen molar-refractivity contribution in [2.45, 2.75) is 0 Å². The summed E-state index contributed by atoms with van der Waals surface area (Å²) in [4.78, 5) is 20.5. The summed E-state index contributed by atoms with van der Waals surface area (Å²) in [5, 5.41) is 11.5. The van der Waals surface area contributed by atoms with Crippen molar-refractivity contribution in [1.82, 2.24) is 15.7 Å². The van der Waals surface area contributed by atoms with E-state index in [0.29, 0.717) is 16.9 Å². The van der Waals surface area contributed by atoms with Crippen molar-refractivity contribution in [2.75, 3.05) is 5.32 Å². The number of hydrogen-bond acceptors (Lipinski definition) is 4. The first-order chi connectivity index (χ1) is 11.7. The number of benzene rings is 2. The average molecular weight is 314 g/mol. The summed E-state index contributed by atoms with van der Waals surface area (Å²) < 4.78 is 0. The maximum atomic E-state index is 12.3. The van der Waals surface area contributed by atoms with Crippen LogP contribution in [0, 0.1) is 11.3 Å². The topological polar surface area (TPSA) is 102 Å².